The summed E-state index contributed by atoms with van der Waals surface area (Å²) in [5.74, 6) is 1.89. The molecule has 0 saturated heterocycles. The quantitative estimate of drug-likeness (QED) is 0.870. The number of nitrogen functional groups attached to an aromatic ring is 1. The van der Waals surface area contributed by atoms with E-state index in [9.17, 15) is 0 Å². The minimum absolute atomic E-state index is 0.0868. The maximum atomic E-state index is 5.96. The van der Waals surface area contributed by atoms with Crippen LogP contribution in [0.15, 0.2) is 36.4 Å². The molecular weight excluding hydrogens is 250 g/mol. The molecule has 2 aromatic carbocycles. The minimum atomic E-state index is 0.0868. The fourth-order valence-corrected chi connectivity index (χ4v) is 2.73. The number of benzene rings is 2. The molecule has 0 spiro atoms. The van der Waals surface area contributed by atoms with Gasteiger partial charge in [0.2, 0.25) is 0 Å². The largest absolute Gasteiger partial charge is 0.489 e. The molecule has 1 aliphatic heterocycles. The minimum Gasteiger partial charge on any atom is -0.489 e. The van der Waals surface area contributed by atoms with Crippen LogP contribution in [0.3, 0.4) is 0 Å². The molecule has 20 heavy (non-hydrogen) atoms. The number of para-hydroxylation sites is 1. The summed E-state index contributed by atoms with van der Waals surface area (Å²) in [4.78, 5) is 0. The molecule has 3 heteroatoms. The summed E-state index contributed by atoms with van der Waals surface area (Å²) < 4.78 is 11.8. The van der Waals surface area contributed by atoms with Gasteiger partial charge in [0.05, 0.1) is 0 Å². The van der Waals surface area contributed by atoms with Crippen LogP contribution in [-0.4, -0.2) is 12.7 Å². The molecule has 1 heterocycles. The third-order valence-electron chi connectivity index (χ3n) is 3.61. The summed E-state index contributed by atoms with van der Waals surface area (Å²) in [5.41, 5.74) is 9.99. The highest BCUT2D eigenvalue weighted by Crippen LogP contribution is 2.30. The number of anilines is 1. The van der Waals surface area contributed by atoms with Crippen molar-refractivity contribution in [1.29, 1.82) is 0 Å². The van der Waals surface area contributed by atoms with Gasteiger partial charge in [-0.3, -0.25) is 0 Å². The lowest BCUT2D eigenvalue weighted by molar-refractivity contribution is 0.147. The van der Waals surface area contributed by atoms with E-state index in [0.29, 0.717) is 6.61 Å². The zero-order valence-electron chi connectivity index (χ0n) is 11.8. The van der Waals surface area contributed by atoms with Gasteiger partial charge in [0.1, 0.15) is 24.2 Å². The number of aryl methyl sites for hydroxylation is 2. The predicted octanol–water partition coefficient (Wildman–Crippen LogP) is 3.27. The second-order valence-electron chi connectivity index (χ2n) is 5.35. The summed E-state index contributed by atoms with van der Waals surface area (Å²) in [7, 11) is 0. The van der Waals surface area contributed by atoms with Crippen LogP contribution in [-0.2, 0) is 6.42 Å². The van der Waals surface area contributed by atoms with Crippen LogP contribution in [0.25, 0.3) is 0 Å². The Morgan fingerprint density at radius 2 is 1.90 bits per heavy atom. The van der Waals surface area contributed by atoms with E-state index >= 15 is 0 Å². The number of ether oxygens (including phenoxy) is 2. The highest BCUT2D eigenvalue weighted by atomic mass is 16.5. The molecule has 3 rings (SSSR count). The van der Waals surface area contributed by atoms with Crippen molar-refractivity contribution in [3.63, 3.8) is 0 Å². The smallest absolute Gasteiger partial charge is 0.137 e. The first-order valence-corrected chi connectivity index (χ1v) is 6.87. The van der Waals surface area contributed by atoms with E-state index in [1.165, 1.54) is 5.56 Å². The Labute approximate surface area is 119 Å². The van der Waals surface area contributed by atoms with Crippen molar-refractivity contribution >= 4 is 5.69 Å². The number of rotatable bonds is 3. The van der Waals surface area contributed by atoms with Crippen LogP contribution >= 0.6 is 0 Å². The van der Waals surface area contributed by atoms with Crippen molar-refractivity contribution in [2.75, 3.05) is 12.3 Å². The van der Waals surface area contributed by atoms with E-state index in [2.05, 4.69) is 6.07 Å². The highest BCUT2D eigenvalue weighted by Gasteiger charge is 2.23. The Hall–Kier alpha value is -2.16. The molecule has 2 aromatic rings. The van der Waals surface area contributed by atoms with E-state index < -0.39 is 0 Å². The van der Waals surface area contributed by atoms with E-state index in [1.807, 2.05) is 44.2 Å². The molecule has 104 valence electrons. The zero-order valence-corrected chi connectivity index (χ0v) is 11.8. The van der Waals surface area contributed by atoms with Crippen molar-refractivity contribution < 1.29 is 9.47 Å². The third kappa shape index (κ3) is 2.44. The topological polar surface area (TPSA) is 44.5 Å². The Morgan fingerprint density at radius 3 is 2.60 bits per heavy atom. The summed E-state index contributed by atoms with van der Waals surface area (Å²) in [6, 6.07) is 12.0. The van der Waals surface area contributed by atoms with Crippen LogP contribution in [0.4, 0.5) is 5.69 Å². The number of hydrogen-bond donors (Lipinski definition) is 1. The lowest BCUT2D eigenvalue weighted by atomic mass is 10.1. The van der Waals surface area contributed by atoms with Gasteiger partial charge in [-0.1, -0.05) is 18.2 Å². The van der Waals surface area contributed by atoms with Gasteiger partial charge in [0, 0.05) is 12.1 Å². The Bertz CT molecular complexity index is 589. The molecule has 3 nitrogen and oxygen atoms in total. The van der Waals surface area contributed by atoms with Crippen molar-refractivity contribution in [3.05, 3.63) is 53.1 Å². The van der Waals surface area contributed by atoms with Crippen molar-refractivity contribution in [2.45, 2.75) is 26.4 Å². The summed E-state index contributed by atoms with van der Waals surface area (Å²) >= 11 is 0. The fraction of sp³-hybridized carbons (Fsp3) is 0.294. The van der Waals surface area contributed by atoms with Crippen molar-refractivity contribution in [2.24, 2.45) is 0 Å². The molecule has 1 unspecified atom stereocenters. The Kier molecular flexibility index (Phi) is 3.26. The molecule has 0 fully saturated rings. The van der Waals surface area contributed by atoms with Crippen LogP contribution in [0.1, 0.15) is 16.7 Å². The molecule has 0 saturated carbocycles. The van der Waals surface area contributed by atoms with Gasteiger partial charge in [-0.2, -0.15) is 0 Å². The van der Waals surface area contributed by atoms with Crippen molar-refractivity contribution in [3.8, 4) is 11.5 Å². The van der Waals surface area contributed by atoms with Crippen LogP contribution < -0.4 is 15.2 Å². The monoisotopic (exact) mass is 269 g/mol. The molecular formula is C17H19NO2. The van der Waals surface area contributed by atoms with Gasteiger partial charge in [0.25, 0.3) is 0 Å². The first kappa shape index (κ1) is 12.9. The number of hydrogen-bond acceptors (Lipinski definition) is 3. The van der Waals surface area contributed by atoms with Crippen LogP contribution in [0.2, 0.25) is 0 Å². The Balaban J connectivity index is 1.67. The maximum absolute atomic E-state index is 5.96. The molecule has 0 radical (unpaired) electrons. The van der Waals surface area contributed by atoms with E-state index in [-0.39, 0.29) is 6.10 Å². The molecule has 0 aromatic heterocycles. The molecule has 0 amide bonds. The van der Waals surface area contributed by atoms with Crippen LogP contribution in [0.5, 0.6) is 11.5 Å². The molecule has 2 N–H and O–H groups in total. The third-order valence-corrected chi connectivity index (χ3v) is 3.61. The van der Waals surface area contributed by atoms with Gasteiger partial charge >= 0.3 is 0 Å². The summed E-state index contributed by atoms with van der Waals surface area (Å²) in [6.07, 6.45) is 0.993. The predicted molar refractivity (Wildman–Crippen MR) is 80.4 cm³/mol. The van der Waals surface area contributed by atoms with Gasteiger partial charge in [0.15, 0.2) is 0 Å². The van der Waals surface area contributed by atoms with E-state index in [4.69, 9.17) is 15.2 Å². The summed E-state index contributed by atoms with van der Waals surface area (Å²) in [5, 5.41) is 0. The molecule has 0 bridgehead atoms. The van der Waals surface area contributed by atoms with Gasteiger partial charge in [-0.15, -0.1) is 0 Å². The lowest BCUT2D eigenvalue weighted by Gasteiger charge is -2.16. The second-order valence-corrected chi connectivity index (χ2v) is 5.35. The van der Waals surface area contributed by atoms with Gasteiger partial charge in [-0.05, 0) is 48.7 Å². The van der Waals surface area contributed by atoms with Crippen molar-refractivity contribution in [1.82, 2.24) is 0 Å². The maximum Gasteiger partial charge on any atom is 0.137 e. The number of fused-ring (bicyclic) bond motifs is 1. The standard InChI is InChI=1S/C17H19NO2/c1-11-7-14(18)8-12(2)17(11)19-10-15-9-13-5-3-4-6-16(13)20-15/h3-8,15H,9-10,18H2,1-2H3. The van der Waals surface area contributed by atoms with E-state index in [0.717, 1.165) is 34.7 Å². The second kappa shape index (κ2) is 5.08. The Morgan fingerprint density at radius 1 is 1.20 bits per heavy atom. The fourth-order valence-electron chi connectivity index (χ4n) is 2.73. The lowest BCUT2D eigenvalue weighted by Crippen LogP contribution is -2.22. The average Bonchev–Trinajstić information content (AvgIpc) is 2.80. The van der Waals surface area contributed by atoms with Crippen LogP contribution in [0, 0.1) is 13.8 Å². The summed E-state index contributed by atoms with van der Waals surface area (Å²) in [6.45, 7) is 4.59. The first-order chi connectivity index (χ1) is 9.63. The molecule has 1 atom stereocenters. The number of nitrogens with two attached hydrogens (primary N) is 1. The average molecular weight is 269 g/mol. The van der Waals surface area contributed by atoms with Gasteiger partial charge in [-0.25, -0.2) is 0 Å². The highest BCUT2D eigenvalue weighted by molar-refractivity contribution is 5.52. The molecule has 0 aliphatic carbocycles. The SMILES string of the molecule is Cc1cc(N)cc(C)c1OCC1Cc2ccccc2O1. The first-order valence-electron chi connectivity index (χ1n) is 6.87. The van der Waals surface area contributed by atoms with Gasteiger partial charge < -0.3 is 15.2 Å². The normalized spacial score (nSPS) is 16.6. The van der Waals surface area contributed by atoms with E-state index in [1.54, 1.807) is 0 Å². The zero-order chi connectivity index (χ0) is 14.1. The molecule has 1 aliphatic rings.